The van der Waals surface area contributed by atoms with E-state index in [2.05, 4.69) is 10.6 Å². The number of carbonyl (C=O) groups is 3. The molecule has 0 unspecified atom stereocenters. The Morgan fingerprint density at radius 2 is 1.94 bits per heavy atom. The second-order valence-corrected chi connectivity index (χ2v) is 5.37. The molecule has 4 amide bonds. The van der Waals surface area contributed by atoms with Crippen molar-refractivity contribution in [2.75, 3.05) is 13.1 Å². The minimum atomic E-state index is -1.13. The van der Waals surface area contributed by atoms with Crippen molar-refractivity contribution >= 4 is 17.8 Å². The van der Waals surface area contributed by atoms with E-state index in [9.17, 15) is 19.5 Å². The molecule has 0 aromatic heterocycles. The molecule has 1 saturated heterocycles. The summed E-state index contributed by atoms with van der Waals surface area (Å²) in [5.41, 5.74) is -2.00. The Kier molecular flexibility index (Phi) is 3.66. The first kappa shape index (κ1) is 14.4. The van der Waals surface area contributed by atoms with Crippen LogP contribution in [0.15, 0.2) is 0 Å². The second-order valence-electron chi connectivity index (χ2n) is 5.37. The van der Waals surface area contributed by atoms with Crippen LogP contribution in [0, 0.1) is 0 Å². The van der Waals surface area contributed by atoms with Crippen LogP contribution in [-0.2, 0) is 9.59 Å². The topological polar surface area (TPSA) is 98.7 Å². The maximum absolute atomic E-state index is 11.8. The molecule has 1 rings (SSSR count). The van der Waals surface area contributed by atoms with Gasteiger partial charge in [-0.1, -0.05) is 0 Å². The summed E-state index contributed by atoms with van der Waals surface area (Å²) >= 11 is 0. The number of amides is 4. The van der Waals surface area contributed by atoms with Crippen molar-refractivity contribution in [2.24, 2.45) is 0 Å². The number of aliphatic hydroxyl groups is 1. The van der Waals surface area contributed by atoms with Crippen LogP contribution < -0.4 is 10.6 Å². The fraction of sp³-hybridized carbons (Fsp3) is 0.727. The highest BCUT2D eigenvalue weighted by molar-refractivity contribution is 6.04. The molecule has 7 nitrogen and oxygen atoms in total. The molecule has 7 heteroatoms. The lowest BCUT2D eigenvalue weighted by Crippen LogP contribution is -2.59. The molecule has 0 spiro atoms. The predicted molar refractivity (Wildman–Crippen MR) is 63.6 cm³/mol. The quantitative estimate of drug-likeness (QED) is 0.574. The molecule has 1 aliphatic rings. The van der Waals surface area contributed by atoms with E-state index in [-0.39, 0.29) is 13.1 Å². The normalized spacial score (nSPS) is 16.8. The Labute approximate surface area is 106 Å². The Morgan fingerprint density at radius 1 is 1.39 bits per heavy atom. The first-order valence-corrected chi connectivity index (χ1v) is 5.66. The first-order chi connectivity index (χ1) is 8.04. The van der Waals surface area contributed by atoms with Crippen molar-refractivity contribution in [3.8, 4) is 0 Å². The molecule has 1 heterocycles. The van der Waals surface area contributed by atoms with E-state index in [1.807, 2.05) is 0 Å². The molecule has 3 N–H and O–H groups in total. The van der Waals surface area contributed by atoms with E-state index in [0.29, 0.717) is 0 Å². The van der Waals surface area contributed by atoms with Gasteiger partial charge in [-0.25, -0.2) is 4.79 Å². The summed E-state index contributed by atoms with van der Waals surface area (Å²) in [6.07, 6.45) is 0. The van der Waals surface area contributed by atoms with Crippen LogP contribution in [-0.4, -0.2) is 52.1 Å². The van der Waals surface area contributed by atoms with Gasteiger partial charge in [0.1, 0.15) is 6.54 Å². The number of urea groups is 1. The number of imide groups is 1. The van der Waals surface area contributed by atoms with Gasteiger partial charge in [-0.2, -0.15) is 0 Å². The lowest BCUT2D eigenvalue weighted by molar-refractivity contribution is -0.133. The summed E-state index contributed by atoms with van der Waals surface area (Å²) < 4.78 is 0. The molecular formula is C11H19N3O4. The number of nitrogens with one attached hydrogen (secondary N) is 2. The standard InChI is InChI=1S/C11H19N3O4/c1-10(2,11(3,4)18)13-7(15)6-14-8(16)5-12-9(14)17/h18H,5-6H2,1-4H3,(H,12,17)(H,13,15). The summed E-state index contributed by atoms with van der Waals surface area (Å²) in [5, 5.41) is 14.8. The highest BCUT2D eigenvalue weighted by Gasteiger charge is 2.38. The average molecular weight is 257 g/mol. The van der Waals surface area contributed by atoms with Gasteiger partial charge in [-0.05, 0) is 27.7 Å². The highest BCUT2D eigenvalue weighted by atomic mass is 16.3. The summed E-state index contributed by atoms with van der Waals surface area (Å²) in [5.74, 6) is -0.927. The summed E-state index contributed by atoms with van der Waals surface area (Å²) in [6.45, 7) is 6.04. The molecule has 1 fully saturated rings. The number of nitrogens with zero attached hydrogens (tertiary/aromatic N) is 1. The van der Waals surface area contributed by atoms with E-state index >= 15 is 0 Å². The van der Waals surface area contributed by atoms with Crippen LogP contribution in [0.4, 0.5) is 4.79 Å². The number of hydrogen-bond acceptors (Lipinski definition) is 4. The minimum Gasteiger partial charge on any atom is -0.388 e. The lowest BCUT2D eigenvalue weighted by Gasteiger charge is -2.38. The van der Waals surface area contributed by atoms with Gasteiger partial charge < -0.3 is 15.7 Å². The third kappa shape index (κ3) is 2.98. The fourth-order valence-electron chi connectivity index (χ4n) is 1.30. The lowest BCUT2D eigenvalue weighted by atomic mass is 9.86. The second kappa shape index (κ2) is 4.56. The van der Waals surface area contributed by atoms with Crippen LogP contribution in [0.3, 0.4) is 0 Å². The number of hydrogen-bond donors (Lipinski definition) is 3. The van der Waals surface area contributed by atoms with Gasteiger partial charge >= 0.3 is 6.03 Å². The molecule has 0 bridgehead atoms. The Bertz CT molecular complexity index is 368. The van der Waals surface area contributed by atoms with Gasteiger partial charge in [0.2, 0.25) is 5.91 Å². The molecular weight excluding hydrogens is 238 g/mol. The molecule has 1 aliphatic heterocycles. The van der Waals surface area contributed by atoms with Crippen LogP contribution >= 0.6 is 0 Å². The zero-order valence-electron chi connectivity index (χ0n) is 11.0. The molecule has 0 aromatic carbocycles. The van der Waals surface area contributed by atoms with Crippen LogP contribution in [0.2, 0.25) is 0 Å². The van der Waals surface area contributed by atoms with Gasteiger partial charge in [0.25, 0.3) is 5.91 Å². The van der Waals surface area contributed by atoms with Crippen molar-refractivity contribution in [3.63, 3.8) is 0 Å². The maximum atomic E-state index is 11.8. The fourth-order valence-corrected chi connectivity index (χ4v) is 1.30. The van der Waals surface area contributed by atoms with E-state index in [4.69, 9.17) is 0 Å². The van der Waals surface area contributed by atoms with Crippen molar-refractivity contribution in [3.05, 3.63) is 0 Å². The zero-order chi connectivity index (χ0) is 14.1. The van der Waals surface area contributed by atoms with Crippen molar-refractivity contribution < 1.29 is 19.5 Å². The highest BCUT2D eigenvalue weighted by Crippen LogP contribution is 2.20. The Hall–Kier alpha value is -1.63. The third-order valence-corrected chi connectivity index (χ3v) is 3.22. The first-order valence-electron chi connectivity index (χ1n) is 5.66. The van der Waals surface area contributed by atoms with E-state index in [0.717, 1.165) is 4.90 Å². The van der Waals surface area contributed by atoms with Crippen LogP contribution in [0.1, 0.15) is 27.7 Å². The average Bonchev–Trinajstić information content (AvgIpc) is 2.46. The summed E-state index contributed by atoms with van der Waals surface area (Å²) in [4.78, 5) is 35.1. The van der Waals surface area contributed by atoms with Gasteiger partial charge in [-0.3, -0.25) is 14.5 Å². The smallest absolute Gasteiger partial charge is 0.325 e. The van der Waals surface area contributed by atoms with Crippen molar-refractivity contribution in [1.29, 1.82) is 0 Å². The molecule has 0 saturated carbocycles. The molecule has 0 radical (unpaired) electrons. The number of rotatable bonds is 4. The zero-order valence-corrected chi connectivity index (χ0v) is 11.0. The predicted octanol–water partition coefficient (Wildman–Crippen LogP) is -0.796. The third-order valence-electron chi connectivity index (χ3n) is 3.22. The van der Waals surface area contributed by atoms with E-state index in [1.165, 1.54) is 0 Å². The van der Waals surface area contributed by atoms with Gasteiger partial charge in [-0.15, -0.1) is 0 Å². The summed E-state index contributed by atoms with van der Waals surface area (Å²) in [7, 11) is 0. The molecule has 18 heavy (non-hydrogen) atoms. The Balaban J connectivity index is 2.63. The molecule has 102 valence electrons. The minimum absolute atomic E-state index is 0.0823. The van der Waals surface area contributed by atoms with Gasteiger partial charge in [0, 0.05) is 0 Å². The maximum Gasteiger partial charge on any atom is 0.325 e. The molecule has 0 aromatic rings. The molecule has 0 atom stereocenters. The largest absolute Gasteiger partial charge is 0.388 e. The van der Waals surface area contributed by atoms with Gasteiger partial charge in [0.15, 0.2) is 0 Å². The van der Waals surface area contributed by atoms with E-state index in [1.54, 1.807) is 27.7 Å². The summed E-state index contributed by atoms with van der Waals surface area (Å²) in [6, 6.07) is -0.573. The van der Waals surface area contributed by atoms with Crippen molar-refractivity contribution in [2.45, 2.75) is 38.8 Å². The van der Waals surface area contributed by atoms with E-state index < -0.39 is 29.0 Å². The number of carbonyl (C=O) groups excluding carboxylic acids is 3. The van der Waals surface area contributed by atoms with Crippen LogP contribution in [0.25, 0.3) is 0 Å². The molecule has 0 aliphatic carbocycles. The monoisotopic (exact) mass is 257 g/mol. The van der Waals surface area contributed by atoms with Crippen LogP contribution in [0.5, 0.6) is 0 Å². The SMILES string of the molecule is CC(C)(O)C(C)(C)NC(=O)CN1C(=O)CNC1=O. The van der Waals surface area contributed by atoms with Crippen molar-refractivity contribution in [1.82, 2.24) is 15.5 Å². The van der Waals surface area contributed by atoms with Gasteiger partial charge in [0.05, 0.1) is 17.7 Å². The Morgan fingerprint density at radius 3 is 2.33 bits per heavy atom.